The summed E-state index contributed by atoms with van der Waals surface area (Å²) in [6.45, 7) is 1.97. The summed E-state index contributed by atoms with van der Waals surface area (Å²) in [5, 5.41) is 6.97. The van der Waals surface area contributed by atoms with Gasteiger partial charge in [-0.05, 0) is 36.8 Å². The number of anilines is 1. The fraction of sp³-hybridized carbons (Fsp3) is 0.286. The number of carbonyl (C=O) groups is 1. The van der Waals surface area contributed by atoms with Crippen molar-refractivity contribution >= 4 is 11.6 Å². The van der Waals surface area contributed by atoms with Gasteiger partial charge >= 0.3 is 0 Å². The SMILES string of the molecule is CCC(N)CC(=O)Nc1ccc(-n2cccn2)cc1. The molecule has 0 radical (unpaired) electrons. The molecule has 1 amide bonds. The fourth-order valence-corrected chi connectivity index (χ4v) is 1.71. The van der Waals surface area contributed by atoms with Crippen molar-refractivity contribution in [1.82, 2.24) is 9.78 Å². The van der Waals surface area contributed by atoms with Gasteiger partial charge in [-0.25, -0.2) is 4.68 Å². The standard InChI is InChI=1S/C14H18N4O/c1-2-11(15)10-14(19)17-12-4-6-13(7-5-12)18-9-3-8-16-18/h3-9,11H,2,10,15H2,1H3,(H,17,19). The summed E-state index contributed by atoms with van der Waals surface area (Å²) in [5.41, 5.74) is 7.46. The molecule has 0 aliphatic heterocycles. The van der Waals surface area contributed by atoms with E-state index < -0.39 is 0 Å². The summed E-state index contributed by atoms with van der Waals surface area (Å²) in [6, 6.07) is 9.30. The number of benzene rings is 1. The Morgan fingerprint density at radius 1 is 1.42 bits per heavy atom. The normalized spacial score (nSPS) is 12.1. The molecule has 19 heavy (non-hydrogen) atoms. The summed E-state index contributed by atoms with van der Waals surface area (Å²) in [4.78, 5) is 11.7. The summed E-state index contributed by atoms with van der Waals surface area (Å²) in [7, 11) is 0. The van der Waals surface area contributed by atoms with Crippen LogP contribution < -0.4 is 11.1 Å². The number of hydrogen-bond acceptors (Lipinski definition) is 3. The van der Waals surface area contributed by atoms with E-state index in [4.69, 9.17) is 5.73 Å². The molecule has 1 aromatic carbocycles. The highest BCUT2D eigenvalue weighted by Crippen LogP contribution is 2.13. The third-order valence-electron chi connectivity index (χ3n) is 2.89. The Morgan fingerprint density at radius 2 is 2.16 bits per heavy atom. The molecule has 0 saturated heterocycles. The lowest BCUT2D eigenvalue weighted by atomic mass is 10.1. The smallest absolute Gasteiger partial charge is 0.225 e. The highest BCUT2D eigenvalue weighted by molar-refractivity contribution is 5.91. The van der Waals surface area contributed by atoms with Gasteiger partial charge in [0.2, 0.25) is 5.91 Å². The molecule has 2 rings (SSSR count). The molecular weight excluding hydrogens is 240 g/mol. The Labute approximate surface area is 112 Å². The van der Waals surface area contributed by atoms with E-state index in [1.807, 2.05) is 43.5 Å². The maximum atomic E-state index is 11.7. The molecule has 100 valence electrons. The number of hydrogen-bond donors (Lipinski definition) is 2. The lowest BCUT2D eigenvalue weighted by Gasteiger charge is -2.10. The van der Waals surface area contributed by atoms with Crippen LogP contribution in [-0.2, 0) is 4.79 Å². The lowest BCUT2D eigenvalue weighted by Crippen LogP contribution is -2.26. The summed E-state index contributed by atoms with van der Waals surface area (Å²) in [6.07, 6.45) is 4.73. The first-order valence-corrected chi connectivity index (χ1v) is 6.34. The van der Waals surface area contributed by atoms with E-state index in [9.17, 15) is 4.79 Å². The summed E-state index contributed by atoms with van der Waals surface area (Å²) < 4.78 is 1.76. The minimum absolute atomic E-state index is 0.0545. The van der Waals surface area contributed by atoms with Gasteiger partial charge in [-0.15, -0.1) is 0 Å². The zero-order valence-corrected chi connectivity index (χ0v) is 10.9. The second-order valence-corrected chi connectivity index (χ2v) is 4.42. The number of rotatable bonds is 5. The van der Waals surface area contributed by atoms with Crippen LogP contribution in [0.15, 0.2) is 42.7 Å². The lowest BCUT2D eigenvalue weighted by molar-refractivity contribution is -0.116. The highest BCUT2D eigenvalue weighted by Gasteiger charge is 2.07. The quantitative estimate of drug-likeness (QED) is 0.860. The molecule has 0 saturated carbocycles. The van der Waals surface area contributed by atoms with Gasteiger partial charge in [0.25, 0.3) is 0 Å². The molecule has 5 heteroatoms. The van der Waals surface area contributed by atoms with Crippen LogP contribution in [-0.4, -0.2) is 21.7 Å². The number of amides is 1. The zero-order valence-electron chi connectivity index (χ0n) is 10.9. The van der Waals surface area contributed by atoms with E-state index in [1.54, 1.807) is 10.9 Å². The Balaban J connectivity index is 1.97. The minimum Gasteiger partial charge on any atom is -0.327 e. The maximum absolute atomic E-state index is 11.7. The van der Waals surface area contributed by atoms with Crippen molar-refractivity contribution in [3.63, 3.8) is 0 Å². The Kier molecular flexibility index (Phi) is 4.30. The number of carbonyl (C=O) groups excluding carboxylic acids is 1. The van der Waals surface area contributed by atoms with Crippen LogP contribution in [0.4, 0.5) is 5.69 Å². The van der Waals surface area contributed by atoms with Crippen LogP contribution in [0.1, 0.15) is 19.8 Å². The van der Waals surface area contributed by atoms with Gasteiger partial charge in [0, 0.05) is 30.5 Å². The van der Waals surface area contributed by atoms with Crippen LogP contribution in [0.5, 0.6) is 0 Å². The van der Waals surface area contributed by atoms with E-state index in [0.717, 1.165) is 17.8 Å². The predicted octanol–water partition coefficient (Wildman–Crippen LogP) is 1.94. The molecule has 1 atom stereocenters. The van der Waals surface area contributed by atoms with Crippen LogP contribution in [0.2, 0.25) is 0 Å². The molecule has 0 bridgehead atoms. The van der Waals surface area contributed by atoms with Gasteiger partial charge in [-0.2, -0.15) is 5.10 Å². The predicted molar refractivity (Wildman–Crippen MR) is 75.1 cm³/mol. The van der Waals surface area contributed by atoms with Crippen LogP contribution in [0.3, 0.4) is 0 Å². The first-order chi connectivity index (χ1) is 9.19. The number of aromatic nitrogens is 2. The van der Waals surface area contributed by atoms with E-state index in [2.05, 4.69) is 10.4 Å². The molecule has 2 aromatic rings. The second kappa shape index (κ2) is 6.15. The van der Waals surface area contributed by atoms with Gasteiger partial charge in [-0.3, -0.25) is 4.79 Å². The number of nitrogens with zero attached hydrogens (tertiary/aromatic N) is 2. The second-order valence-electron chi connectivity index (χ2n) is 4.42. The monoisotopic (exact) mass is 258 g/mol. The molecule has 0 aliphatic carbocycles. The van der Waals surface area contributed by atoms with Crippen LogP contribution in [0, 0.1) is 0 Å². The fourth-order valence-electron chi connectivity index (χ4n) is 1.71. The van der Waals surface area contributed by atoms with Crippen molar-refractivity contribution in [2.45, 2.75) is 25.8 Å². The first kappa shape index (κ1) is 13.3. The van der Waals surface area contributed by atoms with E-state index in [0.29, 0.717) is 6.42 Å². The molecule has 0 fully saturated rings. The molecule has 0 aliphatic rings. The van der Waals surface area contributed by atoms with E-state index >= 15 is 0 Å². The topological polar surface area (TPSA) is 72.9 Å². The van der Waals surface area contributed by atoms with Crippen molar-refractivity contribution in [2.24, 2.45) is 5.73 Å². The summed E-state index contributed by atoms with van der Waals surface area (Å²) >= 11 is 0. The Morgan fingerprint density at radius 3 is 2.74 bits per heavy atom. The van der Waals surface area contributed by atoms with Crippen molar-refractivity contribution in [3.8, 4) is 5.69 Å². The van der Waals surface area contributed by atoms with Gasteiger partial charge in [0.05, 0.1) is 5.69 Å². The third-order valence-corrected chi connectivity index (χ3v) is 2.89. The first-order valence-electron chi connectivity index (χ1n) is 6.34. The molecule has 1 unspecified atom stereocenters. The van der Waals surface area contributed by atoms with Gasteiger partial charge in [0.1, 0.15) is 0 Å². The van der Waals surface area contributed by atoms with Crippen molar-refractivity contribution in [1.29, 1.82) is 0 Å². The van der Waals surface area contributed by atoms with Crippen molar-refractivity contribution in [3.05, 3.63) is 42.7 Å². The van der Waals surface area contributed by atoms with Gasteiger partial charge < -0.3 is 11.1 Å². The molecule has 1 aromatic heterocycles. The van der Waals surface area contributed by atoms with E-state index in [-0.39, 0.29) is 11.9 Å². The van der Waals surface area contributed by atoms with Crippen molar-refractivity contribution < 1.29 is 4.79 Å². The average molecular weight is 258 g/mol. The van der Waals surface area contributed by atoms with Crippen LogP contribution in [0.25, 0.3) is 5.69 Å². The molecule has 0 spiro atoms. The summed E-state index contributed by atoms with van der Waals surface area (Å²) in [5.74, 6) is -0.0545. The Bertz CT molecular complexity index is 519. The van der Waals surface area contributed by atoms with Gasteiger partial charge in [-0.1, -0.05) is 6.92 Å². The highest BCUT2D eigenvalue weighted by atomic mass is 16.1. The zero-order chi connectivity index (χ0) is 13.7. The molecule has 5 nitrogen and oxygen atoms in total. The molecule has 1 heterocycles. The van der Waals surface area contributed by atoms with E-state index in [1.165, 1.54) is 0 Å². The molecule has 3 N–H and O–H groups in total. The number of nitrogens with one attached hydrogen (secondary N) is 1. The van der Waals surface area contributed by atoms with Crippen LogP contribution >= 0.6 is 0 Å². The minimum atomic E-state index is -0.0802. The van der Waals surface area contributed by atoms with Crippen molar-refractivity contribution in [2.75, 3.05) is 5.32 Å². The average Bonchev–Trinajstić information content (AvgIpc) is 2.93. The Hall–Kier alpha value is -2.14. The number of nitrogens with two attached hydrogens (primary N) is 1. The third kappa shape index (κ3) is 3.66. The molecular formula is C14H18N4O. The largest absolute Gasteiger partial charge is 0.327 e. The maximum Gasteiger partial charge on any atom is 0.225 e. The van der Waals surface area contributed by atoms with Gasteiger partial charge in [0.15, 0.2) is 0 Å².